The van der Waals surface area contributed by atoms with Gasteiger partial charge in [-0.25, -0.2) is 4.98 Å². The first kappa shape index (κ1) is 18.4. The van der Waals surface area contributed by atoms with Gasteiger partial charge in [0, 0.05) is 29.7 Å². The van der Waals surface area contributed by atoms with Crippen LogP contribution in [0.4, 0.5) is 0 Å². The van der Waals surface area contributed by atoms with Crippen molar-refractivity contribution in [2.75, 3.05) is 19.3 Å². The Kier molecular flexibility index (Phi) is 6.73. The lowest BCUT2D eigenvalue weighted by atomic mass is 9.94. The average molecular weight is 347 g/mol. The van der Waals surface area contributed by atoms with Gasteiger partial charge in [-0.05, 0) is 12.1 Å². The number of oxazole rings is 1. The summed E-state index contributed by atoms with van der Waals surface area (Å²) in [6.45, 7) is 7.67. The largest absolute Gasteiger partial charge is 0.443 e. The number of nitrogens with zero attached hydrogens (tertiary/aromatic N) is 2. The van der Waals surface area contributed by atoms with Crippen LogP contribution >= 0.6 is 11.8 Å². The van der Waals surface area contributed by atoms with Crippen molar-refractivity contribution >= 4 is 17.7 Å². The fraction of sp³-hybridized carbons (Fsp3) is 0.444. The van der Waals surface area contributed by atoms with Gasteiger partial charge in [-0.1, -0.05) is 39.0 Å². The predicted octanol–water partition coefficient (Wildman–Crippen LogP) is 3.43. The quantitative estimate of drug-likeness (QED) is 0.363. The average Bonchev–Trinajstić information content (AvgIpc) is 3.04. The van der Waals surface area contributed by atoms with Gasteiger partial charge in [-0.15, -0.1) is 11.8 Å². The Morgan fingerprint density at radius 2 is 1.96 bits per heavy atom. The predicted molar refractivity (Wildman–Crippen MR) is 101 cm³/mol. The molecule has 24 heavy (non-hydrogen) atoms. The number of benzene rings is 1. The molecule has 0 saturated heterocycles. The highest BCUT2D eigenvalue weighted by atomic mass is 32.2. The molecule has 1 heterocycles. The summed E-state index contributed by atoms with van der Waals surface area (Å²) in [5.74, 6) is 3.28. The number of aliphatic imine (C=N–C) groups is 1. The number of thioether (sulfide) groups is 1. The maximum Gasteiger partial charge on any atom is 0.213 e. The molecule has 0 saturated carbocycles. The van der Waals surface area contributed by atoms with E-state index in [-0.39, 0.29) is 5.41 Å². The first-order chi connectivity index (χ1) is 11.5. The van der Waals surface area contributed by atoms with Crippen molar-refractivity contribution in [3.05, 3.63) is 48.2 Å². The van der Waals surface area contributed by atoms with Gasteiger partial charge in [-0.2, -0.15) is 0 Å². The van der Waals surface area contributed by atoms with Gasteiger partial charge in [0.15, 0.2) is 5.96 Å². The summed E-state index contributed by atoms with van der Waals surface area (Å²) in [5, 5.41) is 6.52. The molecule has 130 valence electrons. The van der Waals surface area contributed by atoms with Crippen LogP contribution < -0.4 is 10.6 Å². The molecule has 0 bridgehead atoms. The lowest BCUT2D eigenvalue weighted by Crippen LogP contribution is -2.38. The topological polar surface area (TPSA) is 62.5 Å². The molecule has 0 amide bonds. The van der Waals surface area contributed by atoms with Crippen LogP contribution in [0.5, 0.6) is 0 Å². The lowest BCUT2D eigenvalue weighted by Gasteiger charge is -2.13. The van der Waals surface area contributed by atoms with Gasteiger partial charge in [0.1, 0.15) is 5.76 Å². The van der Waals surface area contributed by atoms with Crippen LogP contribution in [-0.4, -0.2) is 30.3 Å². The van der Waals surface area contributed by atoms with Crippen LogP contribution in [-0.2, 0) is 12.0 Å². The third-order valence-corrected chi connectivity index (χ3v) is 4.34. The van der Waals surface area contributed by atoms with Gasteiger partial charge in [0.25, 0.3) is 0 Å². The summed E-state index contributed by atoms with van der Waals surface area (Å²) in [7, 11) is 1.76. The van der Waals surface area contributed by atoms with Crippen molar-refractivity contribution in [3.63, 3.8) is 0 Å². The maximum atomic E-state index is 5.77. The highest BCUT2D eigenvalue weighted by molar-refractivity contribution is 7.99. The van der Waals surface area contributed by atoms with E-state index in [1.165, 1.54) is 4.90 Å². The second-order valence-electron chi connectivity index (χ2n) is 6.38. The van der Waals surface area contributed by atoms with Crippen LogP contribution in [0, 0.1) is 0 Å². The second-order valence-corrected chi connectivity index (χ2v) is 7.55. The van der Waals surface area contributed by atoms with E-state index in [2.05, 4.69) is 65.6 Å². The molecule has 0 fully saturated rings. The normalized spacial score (nSPS) is 12.2. The van der Waals surface area contributed by atoms with E-state index in [4.69, 9.17) is 4.42 Å². The van der Waals surface area contributed by atoms with E-state index in [0.29, 0.717) is 12.4 Å². The van der Waals surface area contributed by atoms with Crippen LogP contribution in [0.15, 0.2) is 50.8 Å². The smallest absolute Gasteiger partial charge is 0.213 e. The molecule has 6 heteroatoms. The summed E-state index contributed by atoms with van der Waals surface area (Å²) >= 11 is 1.82. The fourth-order valence-electron chi connectivity index (χ4n) is 1.97. The zero-order valence-electron chi connectivity index (χ0n) is 14.8. The minimum Gasteiger partial charge on any atom is -0.443 e. The molecule has 0 radical (unpaired) electrons. The fourth-order valence-corrected chi connectivity index (χ4v) is 2.76. The van der Waals surface area contributed by atoms with Crippen molar-refractivity contribution in [1.82, 2.24) is 15.6 Å². The Bertz CT molecular complexity index is 647. The van der Waals surface area contributed by atoms with Crippen LogP contribution in [0.1, 0.15) is 32.4 Å². The molecule has 5 nitrogen and oxygen atoms in total. The number of aromatic nitrogens is 1. The molecule has 0 aliphatic rings. The van der Waals surface area contributed by atoms with E-state index in [1.807, 2.05) is 17.8 Å². The van der Waals surface area contributed by atoms with Gasteiger partial charge in [-0.3, -0.25) is 4.99 Å². The molecule has 2 rings (SSSR count). The van der Waals surface area contributed by atoms with E-state index in [1.54, 1.807) is 13.2 Å². The van der Waals surface area contributed by atoms with E-state index in [9.17, 15) is 0 Å². The molecule has 0 spiro atoms. The van der Waals surface area contributed by atoms with Gasteiger partial charge in [0.05, 0.1) is 12.7 Å². The Labute approximate surface area is 148 Å². The van der Waals surface area contributed by atoms with Crippen molar-refractivity contribution in [3.8, 4) is 0 Å². The first-order valence-electron chi connectivity index (χ1n) is 8.06. The van der Waals surface area contributed by atoms with Crippen LogP contribution in [0.25, 0.3) is 0 Å². The molecule has 1 aromatic carbocycles. The second kappa shape index (κ2) is 8.78. The van der Waals surface area contributed by atoms with Crippen molar-refractivity contribution < 1.29 is 4.42 Å². The number of nitrogens with one attached hydrogen (secondary N) is 2. The summed E-state index contributed by atoms with van der Waals surface area (Å²) < 4.78 is 5.77. The Morgan fingerprint density at radius 1 is 1.21 bits per heavy atom. The molecule has 0 atom stereocenters. The molecule has 2 N–H and O–H groups in total. The lowest BCUT2D eigenvalue weighted by molar-refractivity contribution is 0.379. The molecule has 1 aromatic heterocycles. The highest BCUT2D eigenvalue weighted by Gasteiger charge is 2.19. The molecular formula is C18H26N4OS. The maximum absolute atomic E-state index is 5.77. The number of rotatable bonds is 6. The van der Waals surface area contributed by atoms with E-state index >= 15 is 0 Å². The zero-order chi connectivity index (χ0) is 17.4. The zero-order valence-corrected chi connectivity index (χ0v) is 15.6. The summed E-state index contributed by atoms with van der Waals surface area (Å²) in [6, 6.07) is 10.4. The molecule has 0 aliphatic heterocycles. The van der Waals surface area contributed by atoms with Crippen molar-refractivity contribution in [2.45, 2.75) is 37.6 Å². The Morgan fingerprint density at radius 3 is 2.58 bits per heavy atom. The minimum absolute atomic E-state index is 0.0279. The first-order valence-corrected chi connectivity index (χ1v) is 9.05. The minimum atomic E-state index is -0.0279. The van der Waals surface area contributed by atoms with Gasteiger partial charge >= 0.3 is 0 Å². The highest BCUT2D eigenvalue weighted by Crippen LogP contribution is 2.22. The summed E-state index contributed by atoms with van der Waals surface area (Å²) in [6.07, 6.45) is 1.80. The van der Waals surface area contributed by atoms with Gasteiger partial charge < -0.3 is 15.1 Å². The SMILES string of the molecule is CN=C(NCCSc1ccccc1)NCc1ncc(C(C)(C)C)o1. The third kappa shape index (κ3) is 5.92. The number of hydrogen-bond acceptors (Lipinski definition) is 4. The van der Waals surface area contributed by atoms with Crippen LogP contribution in [0.3, 0.4) is 0 Å². The van der Waals surface area contributed by atoms with Gasteiger partial charge in [0.2, 0.25) is 5.89 Å². The van der Waals surface area contributed by atoms with Crippen molar-refractivity contribution in [1.29, 1.82) is 0 Å². The number of hydrogen-bond donors (Lipinski definition) is 2. The van der Waals surface area contributed by atoms with E-state index < -0.39 is 0 Å². The summed E-state index contributed by atoms with van der Waals surface area (Å²) in [4.78, 5) is 9.80. The standard InChI is InChI=1S/C18H26N4OS/c1-18(2,3)15-12-21-16(23-15)13-22-17(19-4)20-10-11-24-14-8-6-5-7-9-14/h5-9,12H,10-11,13H2,1-4H3,(H2,19,20,22). The van der Waals surface area contributed by atoms with E-state index in [0.717, 1.165) is 24.0 Å². The monoisotopic (exact) mass is 346 g/mol. The molecule has 0 aliphatic carbocycles. The molecule has 2 aromatic rings. The molecular weight excluding hydrogens is 320 g/mol. The summed E-state index contributed by atoms with van der Waals surface area (Å²) in [5.41, 5.74) is -0.0279. The Balaban J connectivity index is 1.71. The Hall–Kier alpha value is -1.95. The number of guanidine groups is 1. The van der Waals surface area contributed by atoms with Crippen LogP contribution in [0.2, 0.25) is 0 Å². The third-order valence-electron chi connectivity index (χ3n) is 3.33. The van der Waals surface area contributed by atoms with Crippen molar-refractivity contribution in [2.24, 2.45) is 4.99 Å². The molecule has 0 unspecified atom stereocenters.